The predicted octanol–water partition coefficient (Wildman–Crippen LogP) is -0.559. The number of phosphoric acid groups is 1. The number of aliphatic hydroxyl groups excluding tert-OH is 1. The Morgan fingerprint density at radius 3 is 2.24 bits per heavy atom. The van der Waals surface area contributed by atoms with Crippen molar-refractivity contribution in [2.24, 2.45) is 0 Å². The third-order valence-corrected chi connectivity index (χ3v) is 6.52. The zero-order valence-corrected chi connectivity index (χ0v) is 13.4. The molecule has 1 rings (SSSR count). The van der Waals surface area contributed by atoms with Crippen LogP contribution in [-0.2, 0) is 27.3 Å². The van der Waals surface area contributed by atoms with Crippen LogP contribution in [0.5, 0.6) is 0 Å². The first-order chi connectivity index (χ1) is 9.30. The van der Waals surface area contributed by atoms with E-state index in [4.69, 9.17) is 19.4 Å². The highest BCUT2D eigenvalue weighted by atomic mass is 31.3. The van der Waals surface area contributed by atoms with E-state index >= 15 is 0 Å². The maximum absolute atomic E-state index is 11.4. The van der Waals surface area contributed by atoms with Gasteiger partial charge in [0.15, 0.2) is 0 Å². The van der Waals surface area contributed by atoms with Crippen LogP contribution in [0.15, 0.2) is 0 Å². The van der Waals surface area contributed by atoms with Crippen molar-refractivity contribution in [1.29, 1.82) is 0 Å². The Balaban J connectivity index is 2.56. The molecule has 15 heteroatoms. The van der Waals surface area contributed by atoms with Crippen LogP contribution in [0.2, 0.25) is 0 Å². The lowest BCUT2D eigenvalue weighted by Crippen LogP contribution is -2.26. The van der Waals surface area contributed by atoms with Gasteiger partial charge in [0.2, 0.25) is 0 Å². The SMILES string of the molecule is C[C@H]1CC(O)[C@@H](COP(=O)(O)OP(=O)(O)NP(=O)(O)O)O1. The van der Waals surface area contributed by atoms with E-state index in [0.29, 0.717) is 0 Å². The van der Waals surface area contributed by atoms with Gasteiger partial charge in [0.1, 0.15) is 6.10 Å². The lowest BCUT2D eigenvalue weighted by Gasteiger charge is -2.19. The first kappa shape index (κ1) is 19.4. The molecule has 0 aromatic carbocycles. The average Bonchev–Trinajstić information content (AvgIpc) is 2.48. The van der Waals surface area contributed by atoms with Gasteiger partial charge in [-0.3, -0.25) is 4.52 Å². The summed E-state index contributed by atoms with van der Waals surface area (Å²) in [4.78, 5) is 36.0. The van der Waals surface area contributed by atoms with E-state index in [9.17, 15) is 23.7 Å². The van der Waals surface area contributed by atoms with Crippen LogP contribution >= 0.6 is 23.3 Å². The largest absolute Gasteiger partial charge is 0.480 e. The molecule has 0 bridgehead atoms. The molecule has 0 aliphatic carbocycles. The number of hydrogen-bond donors (Lipinski definition) is 6. The Kier molecular flexibility index (Phi) is 6.31. The van der Waals surface area contributed by atoms with Crippen molar-refractivity contribution in [3.8, 4) is 0 Å². The molecule has 0 saturated carbocycles. The third-order valence-electron chi connectivity index (χ3n) is 2.28. The molecule has 1 saturated heterocycles. The minimum absolute atomic E-state index is 0.281. The quantitative estimate of drug-likeness (QED) is 0.313. The highest BCUT2D eigenvalue weighted by Gasteiger charge is 2.40. The summed E-state index contributed by atoms with van der Waals surface area (Å²) in [6.07, 6.45) is -1.90. The first-order valence-electron chi connectivity index (χ1n) is 5.50. The molecule has 1 heterocycles. The van der Waals surface area contributed by atoms with Gasteiger partial charge in [-0.2, -0.15) is 4.31 Å². The number of hydrogen-bond acceptors (Lipinski definition) is 7. The van der Waals surface area contributed by atoms with E-state index in [1.54, 1.807) is 6.92 Å². The standard InChI is InChI=1S/C6H16NO11P3/c1-4-2-5(8)6(17-4)3-16-21(14,15)18-20(12,13)7-19(9,10)11/h4-6,8H,2-3H2,1H3,(H,14,15)(H4,7,9,10,11,12,13)/t4-,5?,6+/m0/s1. The van der Waals surface area contributed by atoms with E-state index in [2.05, 4.69) is 8.83 Å². The Morgan fingerprint density at radius 1 is 1.24 bits per heavy atom. The zero-order chi connectivity index (χ0) is 16.5. The Bertz CT molecular complexity index is 504. The van der Waals surface area contributed by atoms with E-state index in [1.807, 2.05) is 0 Å². The van der Waals surface area contributed by atoms with Gasteiger partial charge in [-0.05, 0) is 6.92 Å². The average molecular weight is 371 g/mol. The van der Waals surface area contributed by atoms with Gasteiger partial charge < -0.3 is 29.4 Å². The summed E-state index contributed by atoms with van der Waals surface area (Å²) in [6.45, 7) is 1.04. The summed E-state index contributed by atoms with van der Waals surface area (Å²) in [5.41, 5.74) is 0. The van der Waals surface area contributed by atoms with Crippen LogP contribution < -0.4 is 4.86 Å². The molecular weight excluding hydrogens is 355 g/mol. The molecule has 1 aliphatic rings. The van der Waals surface area contributed by atoms with E-state index in [0.717, 1.165) is 4.86 Å². The van der Waals surface area contributed by atoms with Crippen LogP contribution in [0.4, 0.5) is 0 Å². The lowest BCUT2D eigenvalue weighted by atomic mass is 10.1. The van der Waals surface area contributed by atoms with Crippen molar-refractivity contribution < 1.29 is 51.9 Å². The molecular formula is C6H16NO11P3. The molecule has 0 radical (unpaired) electrons. The smallest absolute Gasteiger partial charge is 0.390 e. The lowest BCUT2D eigenvalue weighted by molar-refractivity contribution is -0.0164. The second-order valence-electron chi connectivity index (χ2n) is 4.30. The molecule has 5 atom stereocenters. The second-order valence-corrected chi connectivity index (χ2v) is 9.08. The molecule has 1 fully saturated rings. The molecule has 126 valence electrons. The highest BCUT2D eigenvalue weighted by Crippen LogP contribution is 2.61. The minimum atomic E-state index is -5.28. The van der Waals surface area contributed by atoms with Gasteiger partial charge in [0.25, 0.3) is 0 Å². The second kappa shape index (κ2) is 6.84. The van der Waals surface area contributed by atoms with Crippen LogP contribution in [0.3, 0.4) is 0 Å². The Morgan fingerprint density at radius 2 is 1.81 bits per heavy atom. The molecule has 21 heavy (non-hydrogen) atoms. The van der Waals surface area contributed by atoms with Gasteiger partial charge in [0.05, 0.1) is 18.8 Å². The molecule has 6 N–H and O–H groups in total. The van der Waals surface area contributed by atoms with Crippen molar-refractivity contribution in [1.82, 2.24) is 4.86 Å². The summed E-state index contributed by atoms with van der Waals surface area (Å²) < 4.78 is 46.4. The van der Waals surface area contributed by atoms with Crippen LogP contribution in [0.1, 0.15) is 13.3 Å². The number of aliphatic hydroxyl groups is 1. The van der Waals surface area contributed by atoms with Crippen LogP contribution in [0, 0.1) is 0 Å². The molecule has 0 spiro atoms. The summed E-state index contributed by atoms with van der Waals surface area (Å²) in [7, 11) is -15.6. The molecule has 0 amide bonds. The zero-order valence-electron chi connectivity index (χ0n) is 10.7. The number of nitrogens with one attached hydrogen (secondary N) is 1. The van der Waals surface area contributed by atoms with Crippen LogP contribution in [0.25, 0.3) is 0 Å². The number of rotatable bonds is 7. The third kappa shape index (κ3) is 7.43. The number of phosphoric ester groups is 1. The van der Waals surface area contributed by atoms with Crippen molar-refractivity contribution in [2.75, 3.05) is 6.61 Å². The maximum Gasteiger partial charge on any atom is 0.480 e. The summed E-state index contributed by atoms with van der Waals surface area (Å²) in [5, 5.41) is 9.50. The van der Waals surface area contributed by atoms with Crippen molar-refractivity contribution in [3.05, 3.63) is 0 Å². The molecule has 1 aliphatic heterocycles. The monoisotopic (exact) mass is 371 g/mol. The fourth-order valence-corrected chi connectivity index (χ4v) is 5.04. The fourth-order valence-electron chi connectivity index (χ4n) is 1.60. The van der Waals surface area contributed by atoms with E-state index < -0.39 is 42.1 Å². The molecule has 0 aromatic heterocycles. The Hall–Kier alpha value is 0.330. The normalized spacial score (nSPS) is 32.6. The van der Waals surface area contributed by atoms with Gasteiger partial charge >= 0.3 is 23.3 Å². The van der Waals surface area contributed by atoms with E-state index in [-0.39, 0.29) is 12.5 Å². The summed E-state index contributed by atoms with van der Waals surface area (Å²) in [6, 6.07) is 0. The minimum Gasteiger partial charge on any atom is -0.390 e. The first-order valence-corrected chi connectivity index (χ1v) is 10.2. The summed E-state index contributed by atoms with van der Waals surface area (Å²) >= 11 is 0. The molecule has 12 nitrogen and oxygen atoms in total. The van der Waals surface area contributed by atoms with E-state index in [1.165, 1.54) is 0 Å². The van der Waals surface area contributed by atoms with Crippen molar-refractivity contribution >= 4 is 23.3 Å². The predicted molar refractivity (Wildman–Crippen MR) is 66.8 cm³/mol. The fraction of sp³-hybridized carbons (Fsp3) is 1.00. The van der Waals surface area contributed by atoms with Crippen molar-refractivity contribution in [2.45, 2.75) is 31.7 Å². The van der Waals surface area contributed by atoms with Crippen molar-refractivity contribution in [3.63, 3.8) is 0 Å². The maximum atomic E-state index is 11.4. The molecule has 0 aromatic rings. The Labute approximate surface area is 119 Å². The number of ether oxygens (including phenoxy) is 1. The van der Waals surface area contributed by atoms with Gasteiger partial charge in [-0.15, -0.1) is 4.86 Å². The van der Waals surface area contributed by atoms with Crippen LogP contribution in [-0.4, -0.2) is 49.6 Å². The van der Waals surface area contributed by atoms with Gasteiger partial charge in [-0.1, -0.05) is 0 Å². The molecule has 3 unspecified atom stereocenters. The highest BCUT2D eigenvalue weighted by molar-refractivity contribution is 7.70. The topological polar surface area (TPSA) is 192 Å². The summed E-state index contributed by atoms with van der Waals surface area (Å²) in [5.74, 6) is 0. The van der Waals surface area contributed by atoms with Gasteiger partial charge in [-0.25, -0.2) is 13.7 Å². The van der Waals surface area contributed by atoms with Gasteiger partial charge in [0, 0.05) is 6.42 Å².